The topological polar surface area (TPSA) is 86.8 Å². The molecule has 1 aliphatic heterocycles. The lowest BCUT2D eigenvalue weighted by Crippen LogP contribution is -2.47. The average Bonchev–Trinajstić information content (AvgIpc) is 2.59. The zero-order chi connectivity index (χ0) is 13.2. The van der Waals surface area contributed by atoms with Crippen molar-refractivity contribution in [2.24, 2.45) is 11.1 Å². The van der Waals surface area contributed by atoms with Crippen LogP contribution >= 0.6 is 0 Å². The van der Waals surface area contributed by atoms with Crippen LogP contribution in [0.3, 0.4) is 0 Å². The standard InChI is InChI=1S/C13H24N2O3/c14-9-13(5-3-1-2-4-6-13)12(18)15-7-10(16)11(17)8-15/h10-11,16-17H,1-9,14H2. The van der Waals surface area contributed by atoms with Gasteiger partial charge in [-0.3, -0.25) is 4.79 Å². The number of rotatable bonds is 2. The second-order valence-electron chi connectivity index (χ2n) is 5.74. The normalized spacial score (nSPS) is 32.3. The Bertz CT molecular complexity index is 291. The molecule has 2 rings (SSSR count). The highest BCUT2D eigenvalue weighted by Crippen LogP contribution is 2.36. The first-order valence-electron chi connectivity index (χ1n) is 6.95. The van der Waals surface area contributed by atoms with E-state index in [0.717, 1.165) is 25.7 Å². The quantitative estimate of drug-likeness (QED) is 0.600. The summed E-state index contributed by atoms with van der Waals surface area (Å²) in [4.78, 5) is 14.2. The van der Waals surface area contributed by atoms with Crippen molar-refractivity contribution < 1.29 is 15.0 Å². The molecule has 1 amide bonds. The second kappa shape index (κ2) is 5.55. The highest BCUT2D eigenvalue weighted by Gasteiger charge is 2.43. The summed E-state index contributed by atoms with van der Waals surface area (Å²) in [6.07, 6.45) is 4.48. The Morgan fingerprint density at radius 2 is 1.61 bits per heavy atom. The summed E-state index contributed by atoms with van der Waals surface area (Å²) in [7, 11) is 0. The number of carbonyl (C=O) groups excluding carboxylic acids is 1. The molecule has 0 aromatic rings. The Balaban J connectivity index is 2.09. The molecule has 2 aliphatic rings. The summed E-state index contributed by atoms with van der Waals surface area (Å²) in [5.41, 5.74) is 5.41. The van der Waals surface area contributed by atoms with Crippen LogP contribution in [0.25, 0.3) is 0 Å². The van der Waals surface area contributed by atoms with E-state index in [9.17, 15) is 15.0 Å². The van der Waals surface area contributed by atoms with Crippen LogP contribution in [0.5, 0.6) is 0 Å². The molecule has 0 spiro atoms. The molecular weight excluding hydrogens is 232 g/mol. The SMILES string of the molecule is NCC1(C(=O)N2CC(O)C(O)C2)CCCCCC1. The maximum atomic E-state index is 12.6. The predicted octanol–water partition coefficient (Wildman–Crippen LogP) is -0.150. The van der Waals surface area contributed by atoms with E-state index in [0.29, 0.717) is 6.54 Å². The minimum Gasteiger partial charge on any atom is -0.388 e. The number of hydrogen-bond donors (Lipinski definition) is 3. The van der Waals surface area contributed by atoms with Gasteiger partial charge in [0.05, 0.1) is 17.6 Å². The summed E-state index contributed by atoms with van der Waals surface area (Å²) in [6.45, 7) is 0.845. The van der Waals surface area contributed by atoms with Gasteiger partial charge in [-0.1, -0.05) is 25.7 Å². The van der Waals surface area contributed by atoms with E-state index in [2.05, 4.69) is 0 Å². The molecule has 0 aromatic carbocycles. The van der Waals surface area contributed by atoms with Crippen molar-refractivity contribution in [3.05, 3.63) is 0 Å². The van der Waals surface area contributed by atoms with Gasteiger partial charge in [0.15, 0.2) is 0 Å². The maximum Gasteiger partial charge on any atom is 0.230 e. The fourth-order valence-electron chi connectivity index (χ4n) is 3.18. The van der Waals surface area contributed by atoms with E-state index in [4.69, 9.17) is 5.73 Å². The molecule has 0 radical (unpaired) electrons. The zero-order valence-corrected chi connectivity index (χ0v) is 10.8. The third-order valence-electron chi connectivity index (χ3n) is 4.45. The van der Waals surface area contributed by atoms with Crippen LogP contribution in [0.2, 0.25) is 0 Å². The smallest absolute Gasteiger partial charge is 0.230 e. The Hall–Kier alpha value is -0.650. The Morgan fingerprint density at radius 3 is 2.06 bits per heavy atom. The number of β-amino-alcohol motifs (C(OH)–C–C–N with tert-alkyl or cyclic N) is 2. The number of carbonyl (C=O) groups is 1. The molecule has 2 fully saturated rings. The summed E-state index contributed by atoms with van der Waals surface area (Å²) in [5.74, 6) is 0.0301. The highest BCUT2D eigenvalue weighted by atomic mass is 16.3. The van der Waals surface area contributed by atoms with Crippen LogP contribution in [0, 0.1) is 5.41 Å². The van der Waals surface area contributed by atoms with Gasteiger partial charge >= 0.3 is 0 Å². The zero-order valence-electron chi connectivity index (χ0n) is 10.8. The first kappa shape index (κ1) is 13.8. The summed E-state index contributed by atoms with van der Waals surface area (Å²) in [6, 6.07) is 0. The van der Waals surface area contributed by atoms with Crippen LogP contribution < -0.4 is 5.73 Å². The number of aliphatic hydroxyl groups excluding tert-OH is 2. The Kier molecular flexibility index (Phi) is 4.25. The number of hydrogen-bond acceptors (Lipinski definition) is 4. The van der Waals surface area contributed by atoms with E-state index in [1.165, 1.54) is 12.8 Å². The fraction of sp³-hybridized carbons (Fsp3) is 0.923. The molecule has 1 saturated carbocycles. The molecule has 18 heavy (non-hydrogen) atoms. The molecule has 5 heteroatoms. The van der Waals surface area contributed by atoms with Gasteiger partial charge in [0.2, 0.25) is 5.91 Å². The van der Waals surface area contributed by atoms with Crippen LogP contribution in [0.15, 0.2) is 0 Å². The average molecular weight is 256 g/mol. The second-order valence-corrected chi connectivity index (χ2v) is 5.74. The van der Waals surface area contributed by atoms with Gasteiger partial charge in [-0.05, 0) is 12.8 Å². The van der Waals surface area contributed by atoms with Gasteiger partial charge in [-0.25, -0.2) is 0 Å². The summed E-state index contributed by atoms with van der Waals surface area (Å²) >= 11 is 0. The molecule has 5 nitrogen and oxygen atoms in total. The van der Waals surface area contributed by atoms with Crippen LogP contribution in [-0.4, -0.2) is 52.9 Å². The molecule has 0 bridgehead atoms. The fourth-order valence-corrected chi connectivity index (χ4v) is 3.18. The summed E-state index contributed by atoms with van der Waals surface area (Å²) < 4.78 is 0. The maximum absolute atomic E-state index is 12.6. The third-order valence-corrected chi connectivity index (χ3v) is 4.45. The number of amides is 1. The van der Waals surface area contributed by atoms with E-state index in [-0.39, 0.29) is 19.0 Å². The van der Waals surface area contributed by atoms with E-state index >= 15 is 0 Å². The Labute approximate surface area is 108 Å². The first-order valence-corrected chi connectivity index (χ1v) is 6.95. The van der Waals surface area contributed by atoms with Gasteiger partial charge in [-0.2, -0.15) is 0 Å². The van der Waals surface area contributed by atoms with Crippen LogP contribution in [0.1, 0.15) is 38.5 Å². The molecule has 1 saturated heterocycles. The van der Waals surface area contributed by atoms with Crippen molar-refractivity contribution in [1.29, 1.82) is 0 Å². The van der Waals surface area contributed by atoms with Crippen molar-refractivity contribution in [3.63, 3.8) is 0 Å². The van der Waals surface area contributed by atoms with Crippen molar-refractivity contribution in [2.45, 2.75) is 50.7 Å². The minimum atomic E-state index is -0.811. The van der Waals surface area contributed by atoms with Crippen molar-refractivity contribution in [3.8, 4) is 0 Å². The largest absolute Gasteiger partial charge is 0.388 e. The molecule has 2 unspecified atom stereocenters. The molecule has 1 aliphatic carbocycles. The summed E-state index contributed by atoms with van der Waals surface area (Å²) in [5, 5.41) is 19.1. The molecule has 0 aromatic heterocycles. The van der Waals surface area contributed by atoms with E-state index < -0.39 is 17.6 Å². The number of aliphatic hydroxyl groups is 2. The Morgan fingerprint density at radius 1 is 1.11 bits per heavy atom. The minimum absolute atomic E-state index is 0.0301. The third kappa shape index (κ3) is 2.53. The van der Waals surface area contributed by atoms with Gasteiger partial charge < -0.3 is 20.8 Å². The van der Waals surface area contributed by atoms with Crippen molar-refractivity contribution >= 4 is 5.91 Å². The lowest BCUT2D eigenvalue weighted by atomic mass is 9.79. The number of nitrogens with two attached hydrogens (primary N) is 1. The number of likely N-dealkylation sites (tertiary alicyclic amines) is 1. The highest BCUT2D eigenvalue weighted by molar-refractivity contribution is 5.83. The molecule has 104 valence electrons. The molecule has 4 N–H and O–H groups in total. The molecule has 1 heterocycles. The lowest BCUT2D eigenvalue weighted by molar-refractivity contribution is -0.142. The first-order chi connectivity index (χ1) is 8.59. The molecular formula is C13H24N2O3. The van der Waals surface area contributed by atoms with Crippen molar-refractivity contribution in [2.75, 3.05) is 19.6 Å². The number of nitrogens with zero attached hydrogens (tertiary/aromatic N) is 1. The van der Waals surface area contributed by atoms with E-state index in [1.807, 2.05) is 0 Å². The van der Waals surface area contributed by atoms with Gasteiger partial charge in [0.25, 0.3) is 0 Å². The predicted molar refractivity (Wildman–Crippen MR) is 67.8 cm³/mol. The van der Waals surface area contributed by atoms with Crippen LogP contribution in [0.4, 0.5) is 0 Å². The van der Waals surface area contributed by atoms with Gasteiger partial charge in [-0.15, -0.1) is 0 Å². The monoisotopic (exact) mass is 256 g/mol. The van der Waals surface area contributed by atoms with E-state index in [1.54, 1.807) is 4.90 Å². The lowest BCUT2D eigenvalue weighted by Gasteiger charge is -2.34. The van der Waals surface area contributed by atoms with Crippen LogP contribution in [-0.2, 0) is 4.79 Å². The molecule has 2 atom stereocenters. The van der Waals surface area contributed by atoms with Gasteiger partial charge in [0.1, 0.15) is 0 Å². The van der Waals surface area contributed by atoms with Gasteiger partial charge in [0, 0.05) is 19.6 Å². The van der Waals surface area contributed by atoms with Crippen molar-refractivity contribution in [1.82, 2.24) is 4.90 Å².